The average molecular weight is 396 g/mol. The lowest BCUT2D eigenvalue weighted by molar-refractivity contribution is -0.130. The fourth-order valence-electron chi connectivity index (χ4n) is 2.85. The Kier molecular flexibility index (Phi) is 5.40. The quantitative estimate of drug-likeness (QED) is 0.513. The Labute approximate surface area is 166 Å². The predicted octanol–water partition coefficient (Wildman–Crippen LogP) is 2.61. The minimum absolute atomic E-state index is 0.0982. The van der Waals surface area contributed by atoms with Gasteiger partial charge in [0, 0.05) is 18.2 Å². The summed E-state index contributed by atoms with van der Waals surface area (Å²) in [7, 11) is 3.03. The van der Waals surface area contributed by atoms with Crippen molar-refractivity contribution < 1.29 is 23.8 Å². The third-order valence-electron chi connectivity index (χ3n) is 4.28. The van der Waals surface area contributed by atoms with Crippen molar-refractivity contribution in [3.8, 4) is 22.8 Å². The molecule has 5 N–H and O–H groups in total. The van der Waals surface area contributed by atoms with Gasteiger partial charge in [-0.05, 0) is 29.8 Å². The number of furan rings is 1. The number of methoxy groups -OCH3 is 2. The molecule has 29 heavy (non-hydrogen) atoms. The Balaban J connectivity index is 2.07. The molecule has 0 fully saturated rings. The van der Waals surface area contributed by atoms with Gasteiger partial charge in [0.15, 0.2) is 11.5 Å². The highest BCUT2D eigenvalue weighted by molar-refractivity contribution is 6.13. The third kappa shape index (κ3) is 3.98. The van der Waals surface area contributed by atoms with Crippen LogP contribution in [0.3, 0.4) is 0 Å². The van der Waals surface area contributed by atoms with Gasteiger partial charge in [-0.25, -0.2) is 9.78 Å². The summed E-state index contributed by atoms with van der Waals surface area (Å²) in [6.45, 7) is 3.51. The van der Waals surface area contributed by atoms with E-state index in [0.29, 0.717) is 34.8 Å². The van der Waals surface area contributed by atoms with Gasteiger partial charge in [-0.3, -0.25) is 0 Å². The molecule has 0 aliphatic heterocycles. The van der Waals surface area contributed by atoms with Gasteiger partial charge in [-0.1, -0.05) is 6.58 Å². The molecule has 9 heteroatoms. The molecule has 9 nitrogen and oxygen atoms in total. The molecule has 0 saturated carbocycles. The van der Waals surface area contributed by atoms with Crippen LogP contribution in [0.4, 0.5) is 11.8 Å². The number of hydrogen-bond donors (Lipinski definition) is 3. The summed E-state index contributed by atoms with van der Waals surface area (Å²) in [5.74, 6) is 0.691. The van der Waals surface area contributed by atoms with Crippen molar-refractivity contribution in [2.45, 2.75) is 6.42 Å². The number of ether oxygens (including phenoxy) is 2. The summed E-state index contributed by atoms with van der Waals surface area (Å²) in [5.41, 5.74) is 13.4. The van der Waals surface area contributed by atoms with E-state index in [9.17, 15) is 4.79 Å². The second-order valence-electron chi connectivity index (χ2n) is 6.14. The van der Waals surface area contributed by atoms with Gasteiger partial charge in [0.05, 0.1) is 25.4 Å². The van der Waals surface area contributed by atoms with E-state index in [1.165, 1.54) is 20.3 Å². The molecule has 0 spiro atoms. The highest BCUT2D eigenvalue weighted by Gasteiger charge is 2.19. The number of aromatic nitrogens is 2. The molecule has 2 aromatic heterocycles. The van der Waals surface area contributed by atoms with Crippen molar-refractivity contribution in [1.82, 2.24) is 9.97 Å². The maximum atomic E-state index is 11.1. The van der Waals surface area contributed by atoms with Crippen LogP contribution in [0.15, 0.2) is 41.5 Å². The molecule has 0 radical (unpaired) electrons. The molecule has 1 aromatic carbocycles. The van der Waals surface area contributed by atoms with E-state index in [1.807, 2.05) is 6.07 Å². The maximum Gasteiger partial charge on any atom is 0.338 e. The number of nitrogen functional groups attached to an aromatic ring is 2. The summed E-state index contributed by atoms with van der Waals surface area (Å²) in [6.07, 6.45) is 1.98. The highest BCUT2D eigenvalue weighted by atomic mass is 16.5. The topological polar surface area (TPSA) is 147 Å². The van der Waals surface area contributed by atoms with Crippen LogP contribution >= 0.6 is 0 Å². The number of benzene rings is 1. The van der Waals surface area contributed by atoms with E-state index in [1.54, 1.807) is 18.3 Å². The zero-order valence-corrected chi connectivity index (χ0v) is 15.9. The number of anilines is 2. The largest absolute Gasteiger partial charge is 0.493 e. The first-order chi connectivity index (χ1) is 13.8. The van der Waals surface area contributed by atoms with Crippen LogP contribution in [0, 0.1) is 0 Å². The monoisotopic (exact) mass is 396 g/mol. The fourth-order valence-corrected chi connectivity index (χ4v) is 2.85. The minimum atomic E-state index is -1.16. The predicted molar refractivity (Wildman–Crippen MR) is 108 cm³/mol. The van der Waals surface area contributed by atoms with Crippen molar-refractivity contribution in [3.63, 3.8) is 0 Å². The van der Waals surface area contributed by atoms with Crippen molar-refractivity contribution >= 4 is 23.3 Å². The van der Waals surface area contributed by atoms with Gasteiger partial charge in [-0.15, -0.1) is 0 Å². The summed E-state index contributed by atoms with van der Waals surface area (Å²) in [4.78, 5) is 19.1. The zero-order valence-electron chi connectivity index (χ0n) is 15.9. The first kappa shape index (κ1) is 19.7. The zero-order chi connectivity index (χ0) is 21.1. The second kappa shape index (κ2) is 7.93. The number of nitrogens with two attached hydrogens (primary N) is 2. The molecule has 0 atom stereocenters. The van der Waals surface area contributed by atoms with Crippen LogP contribution in [0.5, 0.6) is 11.5 Å². The Bertz CT molecular complexity index is 1090. The highest BCUT2D eigenvalue weighted by Crippen LogP contribution is 2.41. The molecular formula is C20H20N4O5. The Morgan fingerprint density at radius 2 is 2.00 bits per heavy atom. The summed E-state index contributed by atoms with van der Waals surface area (Å²) < 4.78 is 16.6. The molecule has 0 aliphatic carbocycles. The van der Waals surface area contributed by atoms with Gasteiger partial charge in [0.2, 0.25) is 5.95 Å². The molecule has 0 unspecified atom stereocenters. The summed E-state index contributed by atoms with van der Waals surface area (Å²) >= 11 is 0. The van der Waals surface area contributed by atoms with E-state index < -0.39 is 5.97 Å². The number of nitrogens with zero attached hydrogens (tertiary/aromatic N) is 2. The van der Waals surface area contributed by atoms with Crippen molar-refractivity contribution in [3.05, 3.63) is 53.9 Å². The number of aliphatic carboxylic acids is 1. The summed E-state index contributed by atoms with van der Waals surface area (Å²) in [5, 5.41) is 9.12. The van der Waals surface area contributed by atoms with E-state index in [4.69, 9.17) is 30.5 Å². The second-order valence-corrected chi connectivity index (χ2v) is 6.14. The Hall–Kier alpha value is -4.01. The van der Waals surface area contributed by atoms with E-state index in [0.717, 1.165) is 5.56 Å². The SMILES string of the molecule is C=C(C(=O)O)c1ccc(-c2cc(Cc3cnc(N)nc3N)cc(OC)c2OC)o1. The molecule has 2 heterocycles. The fraction of sp³-hybridized carbons (Fsp3) is 0.150. The van der Waals surface area contributed by atoms with Gasteiger partial charge >= 0.3 is 5.97 Å². The molecule has 0 saturated heterocycles. The standard InChI is InChI=1S/C20H20N4O5/c1-10(19(25)26)14-4-5-15(29-14)13-7-11(8-16(27-2)17(13)28-3)6-12-9-23-20(22)24-18(12)21/h4-5,7-9H,1,6H2,2-3H3,(H,25,26)(H4,21,22,23,24). The number of hydrogen-bond acceptors (Lipinski definition) is 8. The van der Waals surface area contributed by atoms with Gasteiger partial charge in [-0.2, -0.15) is 4.98 Å². The van der Waals surface area contributed by atoms with E-state index in [-0.39, 0.29) is 23.1 Å². The van der Waals surface area contributed by atoms with Crippen molar-refractivity contribution in [2.75, 3.05) is 25.7 Å². The maximum absolute atomic E-state index is 11.1. The van der Waals surface area contributed by atoms with Gasteiger partial charge in [0.25, 0.3) is 0 Å². The Morgan fingerprint density at radius 1 is 1.24 bits per heavy atom. The lowest BCUT2D eigenvalue weighted by atomic mass is 10.0. The van der Waals surface area contributed by atoms with Crippen LogP contribution in [-0.4, -0.2) is 35.3 Å². The van der Waals surface area contributed by atoms with Gasteiger partial charge in [0.1, 0.15) is 17.3 Å². The van der Waals surface area contributed by atoms with Crippen LogP contribution in [0.2, 0.25) is 0 Å². The van der Waals surface area contributed by atoms with E-state index in [2.05, 4.69) is 16.5 Å². The van der Waals surface area contributed by atoms with Crippen LogP contribution < -0.4 is 20.9 Å². The lowest BCUT2D eigenvalue weighted by Crippen LogP contribution is -2.04. The number of carbonyl (C=O) groups is 1. The van der Waals surface area contributed by atoms with Crippen LogP contribution in [-0.2, 0) is 11.2 Å². The van der Waals surface area contributed by atoms with Crippen molar-refractivity contribution in [2.24, 2.45) is 0 Å². The first-order valence-corrected chi connectivity index (χ1v) is 8.48. The Morgan fingerprint density at radius 3 is 2.62 bits per heavy atom. The third-order valence-corrected chi connectivity index (χ3v) is 4.28. The molecule has 0 bridgehead atoms. The normalized spacial score (nSPS) is 10.6. The summed E-state index contributed by atoms with van der Waals surface area (Å²) in [6, 6.07) is 6.82. The average Bonchev–Trinajstić information content (AvgIpc) is 3.18. The molecule has 3 aromatic rings. The number of rotatable bonds is 7. The minimum Gasteiger partial charge on any atom is -0.493 e. The van der Waals surface area contributed by atoms with Crippen molar-refractivity contribution in [1.29, 1.82) is 0 Å². The molecule has 0 amide bonds. The van der Waals surface area contributed by atoms with Crippen LogP contribution in [0.1, 0.15) is 16.9 Å². The molecular weight excluding hydrogens is 376 g/mol. The molecule has 150 valence electrons. The van der Waals surface area contributed by atoms with Crippen LogP contribution in [0.25, 0.3) is 16.9 Å². The lowest BCUT2D eigenvalue weighted by Gasteiger charge is -2.14. The first-order valence-electron chi connectivity index (χ1n) is 8.48. The van der Waals surface area contributed by atoms with Gasteiger partial charge < -0.3 is 30.5 Å². The number of carboxylic acids is 1. The molecule has 3 rings (SSSR count). The smallest absolute Gasteiger partial charge is 0.338 e. The van der Waals surface area contributed by atoms with E-state index >= 15 is 0 Å². The molecule has 0 aliphatic rings. The number of carboxylic acid groups (broad SMARTS) is 1.